The number of benzene rings is 3. The Hall–Kier alpha value is -1.85. The molecule has 0 heterocycles. The fourth-order valence-electron chi connectivity index (χ4n) is 2.64. The highest BCUT2D eigenvalue weighted by atomic mass is 35.5. The van der Waals surface area contributed by atoms with Gasteiger partial charge in [-0.1, -0.05) is 59.1 Å². The van der Waals surface area contributed by atoms with Gasteiger partial charge in [0.15, 0.2) is 0 Å². The van der Waals surface area contributed by atoms with Gasteiger partial charge in [0.25, 0.3) is 5.91 Å². The fourth-order valence-corrected chi connectivity index (χ4v) is 4.25. The first kappa shape index (κ1) is 22.8. The topological polar surface area (TPSA) is 38.3 Å². The number of nitrogens with one attached hydrogen (secondary N) is 1. The molecule has 0 fully saturated rings. The predicted molar refractivity (Wildman–Crippen MR) is 127 cm³/mol. The van der Waals surface area contributed by atoms with E-state index in [4.69, 9.17) is 39.5 Å². The number of hydrogen-bond donors (Lipinski definition) is 1. The quantitative estimate of drug-likeness (QED) is 0.339. The van der Waals surface area contributed by atoms with Crippen LogP contribution in [0.25, 0.3) is 0 Å². The summed E-state index contributed by atoms with van der Waals surface area (Å²) in [6.07, 6.45) is 0. The van der Waals surface area contributed by atoms with E-state index < -0.39 is 0 Å². The standard InChI is InChI=1S/C23H20Cl3NO2S/c24-19-8-5-18(22(26)13-19)15-30-12-11-27-23(28)16-6-9-20(10-7-16)29-14-17-3-1-2-4-21(17)25/h1-10,13H,11-12,14-15H2,(H,27,28). The summed E-state index contributed by atoms with van der Waals surface area (Å²) in [7, 11) is 0. The number of carbonyl (C=O) groups is 1. The highest BCUT2D eigenvalue weighted by molar-refractivity contribution is 7.98. The molecule has 0 aromatic heterocycles. The number of carbonyl (C=O) groups excluding carboxylic acids is 1. The van der Waals surface area contributed by atoms with Crippen LogP contribution in [-0.4, -0.2) is 18.2 Å². The molecule has 156 valence electrons. The van der Waals surface area contributed by atoms with E-state index >= 15 is 0 Å². The molecule has 3 aromatic rings. The summed E-state index contributed by atoms with van der Waals surface area (Å²) in [5.41, 5.74) is 2.54. The van der Waals surface area contributed by atoms with Crippen molar-refractivity contribution < 1.29 is 9.53 Å². The van der Waals surface area contributed by atoms with Crippen molar-refractivity contribution in [2.24, 2.45) is 0 Å². The van der Waals surface area contributed by atoms with E-state index in [1.54, 1.807) is 42.1 Å². The van der Waals surface area contributed by atoms with Crippen molar-refractivity contribution in [3.05, 3.63) is 98.5 Å². The zero-order valence-electron chi connectivity index (χ0n) is 16.0. The van der Waals surface area contributed by atoms with Crippen molar-refractivity contribution in [3.8, 4) is 5.75 Å². The van der Waals surface area contributed by atoms with Crippen LogP contribution in [0.4, 0.5) is 0 Å². The molecular weight excluding hydrogens is 461 g/mol. The van der Waals surface area contributed by atoms with E-state index in [1.807, 2.05) is 36.4 Å². The molecule has 0 saturated heterocycles. The fraction of sp³-hybridized carbons (Fsp3) is 0.174. The lowest BCUT2D eigenvalue weighted by Crippen LogP contribution is -2.25. The van der Waals surface area contributed by atoms with Crippen LogP contribution in [0.1, 0.15) is 21.5 Å². The second kappa shape index (κ2) is 11.5. The number of ether oxygens (including phenoxy) is 1. The minimum Gasteiger partial charge on any atom is -0.489 e. The van der Waals surface area contributed by atoms with Gasteiger partial charge in [-0.3, -0.25) is 4.79 Å². The number of hydrogen-bond acceptors (Lipinski definition) is 3. The molecule has 0 atom stereocenters. The molecule has 3 nitrogen and oxygen atoms in total. The molecule has 0 radical (unpaired) electrons. The second-order valence-corrected chi connectivity index (χ2v) is 8.80. The lowest BCUT2D eigenvalue weighted by molar-refractivity contribution is 0.0956. The normalized spacial score (nSPS) is 10.6. The number of amides is 1. The molecular formula is C23H20Cl3NO2S. The van der Waals surface area contributed by atoms with Gasteiger partial charge in [0.2, 0.25) is 0 Å². The maximum atomic E-state index is 12.3. The summed E-state index contributed by atoms with van der Waals surface area (Å²) in [6.45, 7) is 0.944. The van der Waals surface area contributed by atoms with Crippen molar-refractivity contribution in [3.63, 3.8) is 0 Å². The number of thioether (sulfide) groups is 1. The van der Waals surface area contributed by atoms with Gasteiger partial charge in [0, 0.05) is 44.2 Å². The molecule has 0 spiro atoms. The van der Waals surface area contributed by atoms with Gasteiger partial charge in [0.05, 0.1) is 0 Å². The van der Waals surface area contributed by atoms with Crippen molar-refractivity contribution >= 4 is 52.5 Å². The Morgan fingerprint density at radius 2 is 1.67 bits per heavy atom. The van der Waals surface area contributed by atoms with E-state index in [0.29, 0.717) is 39.5 Å². The van der Waals surface area contributed by atoms with Gasteiger partial charge in [-0.2, -0.15) is 11.8 Å². The zero-order valence-corrected chi connectivity index (χ0v) is 19.1. The van der Waals surface area contributed by atoms with Crippen molar-refractivity contribution in [1.82, 2.24) is 5.32 Å². The molecule has 1 N–H and O–H groups in total. The summed E-state index contributed by atoms with van der Waals surface area (Å²) in [4.78, 5) is 12.3. The van der Waals surface area contributed by atoms with Crippen molar-refractivity contribution in [1.29, 1.82) is 0 Å². The van der Waals surface area contributed by atoms with Gasteiger partial charge in [-0.25, -0.2) is 0 Å². The molecule has 1 amide bonds. The smallest absolute Gasteiger partial charge is 0.251 e. The van der Waals surface area contributed by atoms with Crippen LogP contribution in [0.3, 0.4) is 0 Å². The second-order valence-electron chi connectivity index (χ2n) is 6.45. The first-order chi connectivity index (χ1) is 14.5. The summed E-state index contributed by atoms with van der Waals surface area (Å²) in [6, 6.07) is 20.1. The lowest BCUT2D eigenvalue weighted by atomic mass is 10.2. The summed E-state index contributed by atoms with van der Waals surface area (Å²) < 4.78 is 5.74. The molecule has 0 aliphatic heterocycles. The highest BCUT2D eigenvalue weighted by Crippen LogP contribution is 2.24. The molecule has 0 unspecified atom stereocenters. The predicted octanol–water partition coefficient (Wildman–Crippen LogP) is 6.89. The van der Waals surface area contributed by atoms with Crippen LogP contribution in [0, 0.1) is 0 Å². The Bertz CT molecular complexity index is 996. The first-order valence-corrected chi connectivity index (χ1v) is 11.6. The van der Waals surface area contributed by atoms with Gasteiger partial charge in [0.1, 0.15) is 12.4 Å². The Labute approximate surface area is 195 Å². The van der Waals surface area contributed by atoms with E-state index in [1.165, 1.54) is 0 Å². The molecule has 3 rings (SSSR count). The Kier molecular flexibility index (Phi) is 8.76. The van der Waals surface area contributed by atoms with Crippen LogP contribution in [0.5, 0.6) is 5.75 Å². The maximum absolute atomic E-state index is 12.3. The lowest BCUT2D eigenvalue weighted by Gasteiger charge is -2.09. The van der Waals surface area contributed by atoms with Crippen molar-refractivity contribution in [2.45, 2.75) is 12.4 Å². The third-order valence-electron chi connectivity index (χ3n) is 4.27. The Balaban J connectivity index is 1.39. The Morgan fingerprint density at radius 3 is 2.40 bits per heavy atom. The highest BCUT2D eigenvalue weighted by Gasteiger charge is 2.07. The molecule has 3 aromatic carbocycles. The SMILES string of the molecule is O=C(NCCSCc1ccc(Cl)cc1Cl)c1ccc(OCc2ccccc2Cl)cc1. The molecule has 0 aliphatic rings. The minimum absolute atomic E-state index is 0.113. The third kappa shape index (κ3) is 6.85. The molecule has 0 bridgehead atoms. The van der Waals surface area contributed by atoms with Crippen LogP contribution in [0.2, 0.25) is 15.1 Å². The van der Waals surface area contributed by atoms with Crippen LogP contribution >= 0.6 is 46.6 Å². The van der Waals surface area contributed by atoms with Crippen molar-refractivity contribution in [2.75, 3.05) is 12.3 Å². The monoisotopic (exact) mass is 479 g/mol. The van der Waals surface area contributed by atoms with Gasteiger partial charge in [-0.15, -0.1) is 0 Å². The first-order valence-electron chi connectivity index (χ1n) is 9.29. The average Bonchev–Trinajstić information content (AvgIpc) is 2.74. The van der Waals surface area contributed by atoms with E-state index in [-0.39, 0.29) is 5.91 Å². The zero-order chi connectivity index (χ0) is 21.3. The van der Waals surface area contributed by atoms with Gasteiger partial charge < -0.3 is 10.1 Å². The van der Waals surface area contributed by atoms with Crippen LogP contribution in [-0.2, 0) is 12.4 Å². The number of halogens is 3. The number of rotatable bonds is 9. The average molecular weight is 481 g/mol. The van der Waals surface area contributed by atoms with Gasteiger partial charge >= 0.3 is 0 Å². The molecule has 0 saturated carbocycles. The largest absolute Gasteiger partial charge is 0.489 e. The molecule has 30 heavy (non-hydrogen) atoms. The molecule has 0 aliphatic carbocycles. The van der Waals surface area contributed by atoms with Gasteiger partial charge in [-0.05, 0) is 48.0 Å². The minimum atomic E-state index is -0.113. The summed E-state index contributed by atoms with van der Waals surface area (Å²) >= 11 is 19.9. The molecule has 7 heteroatoms. The van der Waals surface area contributed by atoms with E-state index in [2.05, 4.69) is 5.32 Å². The summed E-state index contributed by atoms with van der Waals surface area (Å²) in [5, 5.41) is 4.88. The van der Waals surface area contributed by atoms with E-state index in [9.17, 15) is 4.79 Å². The third-order valence-corrected chi connectivity index (χ3v) is 6.24. The van der Waals surface area contributed by atoms with E-state index in [0.717, 1.165) is 22.6 Å². The Morgan fingerprint density at radius 1 is 0.900 bits per heavy atom. The van der Waals surface area contributed by atoms with Crippen LogP contribution in [0.15, 0.2) is 66.7 Å². The maximum Gasteiger partial charge on any atom is 0.251 e. The summed E-state index contributed by atoms with van der Waals surface area (Å²) in [5.74, 6) is 2.12. The van der Waals surface area contributed by atoms with Crippen LogP contribution < -0.4 is 10.1 Å².